The number of methoxy groups -OCH3 is 2. The van der Waals surface area contributed by atoms with E-state index in [0.717, 1.165) is 11.1 Å². The van der Waals surface area contributed by atoms with Crippen molar-refractivity contribution < 1.29 is 9.47 Å². The Morgan fingerprint density at radius 1 is 1.00 bits per heavy atom. The summed E-state index contributed by atoms with van der Waals surface area (Å²) in [5.74, 6) is 1.08. The van der Waals surface area contributed by atoms with Gasteiger partial charge in [0, 0.05) is 24.0 Å². The fourth-order valence-electron chi connectivity index (χ4n) is 3.62. The zero-order valence-corrected chi connectivity index (χ0v) is 18.4. The highest BCUT2D eigenvalue weighted by molar-refractivity contribution is 5.78. The number of benzene rings is 1. The Kier molecular flexibility index (Phi) is 5.27. The van der Waals surface area contributed by atoms with Gasteiger partial charge in [-0.15, -0.1) is 0 Å². The third kappa shape index (κ3) is 3.91. The molecule has 1 aromatic carbocycles. The molecule has 7 heteroatoms. The molecule has 0 aliphatic heterocycles. The normalized spacial score (nSPS) is 11.6. The average molecular weight is 418 g/mol. The summed E-state index contributed by atoms with van der Waals surface area (Å²) in [4.78, 5) is 24.4. The number of H-pyrrole nitrogens is 1. The minimum absolute atomic E-state index is 0.0879. The number of aromatic amines is 1. The molecule has 0 radical (unpaired) electrons. The van der Waals surface area contributed by atoms with Crippen molar-refractivity contribution >= 4 is 11.2 Å². The molecule has 0 fully saturated rings. The number of nitrogens with zero attached hydrogens (tertiary/aromatic N) is 3. The summed E-state index contributed by atoms with van der Waals surface area (Å²) in [5.41, 5.74) is 4.91. The lowest BCUT2D eigenvalue weighted by Gasteiger charge is -2.19. The Labute approximate surface area is 180 Å². The highest BCUT2D eigenvalue weighted by atomic mass is 16.5. The van der Waals surface area contributed by atoms with E-state index in [9.17, 15) is 4.79 Å². The quantitative estimate of drug-likeness (QED) is 0.527. The summed E-state index contributed by atoms with van der Waals surface area (Å²) in [5, 5.41) is 0. The molecule has 3 aromatic heterocycles. The zero-order chi connectivity index (χ0) is 22.2. The van der Waals surface area contributed by atoms with E-state index >= 15 is 0 Å². The fourth-order valence-corrected chi connectivity index (χ4v) is 3.62. The number of nitrogens with one attached hydrogen (secondary N) is 1. The van der Waals surface area contributed by atoms with E-state index in [1.165, 1.54) is 5.56 Å². The summed E-state index contributed by atoms with van der Waals surface area (Å²) >= 11 is 0. The van der Waals surface area contributed by atoms with Crippen LogP contribution in [0.15, 0.2) is 53.6 Å². The summed E-state index contributed by atoms with van der Waals surface area (Å²) in [6.45, 7) is 6.80. The number of rotatable bonds is 5. The largest absolute Gasteiger partial charge is 0.493 e. The van der Waals surface area contributed by atoms with Crippen molar-refractivity contribution in [2.45, 2.75) is 32.7 Å². The van der Waals surface area contributed by atoms with Gasteiger partial charge in [-0.1, -0.05) is 45.0 Å². The van der Waals surface area contributed by atoms with Crippen LogP contribution in [0.1, 0.15) is 32.0 Å². The van der Waals surface area contributed by atoms with Crippen molar-refractivity contribution in [3.8, 4) is 22.6 Å². The number of fused-ring (bicyclic) bond motifs is 1. The molecule has 4 rings (SSSR count). The average Bonchev–Trinajstić information content (AvgIpc) is 3.07. The molecule has 0 amide bonds. The van der Waals surface area contributed by atoms with Gasteiger partial charge in [-0.25, -0.2) is 9.78 Å². The predicted octanol–water partition coefficient (Wildman–Crippen LogP) is 4.15. The first-order valence-corrected chi connectivity index (χ1v) is 10.1. The van der Waals surface area contributed by atoms with E-state index in [4.69, 9.17) is 9.47 Å². The second kappa shape index (κ2) is 7.91. The van der Waals surface area contributed by atoms with Crippen LogP contribution < -0.4 is 15.2 Å². The Hall–Kier alpha value is -3.61. The van der Waals surface area contributed by atoms with Crippen molar-refractivity contribution in [3.05, 3.63) is 70.5 Å². The molecule has 160 valence electrons. The van der Waals surface area contributed by atoms with Crippen molar-refractivity contribution in [3.63, 3.8) is 0 Å². The van der Waals surface area contributed by atoms with Crippen LogP contribution in [0, 0.1) is 0 Å². The van der Waals surface area contributed by atoms with Gasteiger partial charge in [0.15, 0.2) is 17.1 Å². The first-order chi connectivity index (χ1) is 14.8. The van der Waals surface area contributed by atoms with Gasteiger partial charge >= 0.3 is 5.69 Å². The lowest BCUT2D eigenvalue weighted by Crippen LogP contribution is -2.18. The standard InChI is InChI=1S/C24H26N4O3/c1-24(2,3)17-8-6-15(7-9-17)16-12-19-22(26-13-16)27-23(29)28(19)14-18-21(31-5)20(30-4)10-11-25-18/h6-13H,14H2,1-5H3,(H,26,27,29). The highest BCUT2D eigenvalue weighted by Gasteiger charge is 2.17. The van der Waals surface area contributed by atoms with Crippen molar-refractivity contribution in [1.29, 1.82) is 0 Å². The zero-order valence-electron chi connectivity index (χ0n) is 18.4. The van der Waals surface area contributed by atoms with Gasteiger partial charge in [0.05, 0.1) is 26.3 Å². The molecule has 0 saturated heterocycles. The van der Waals surface area contributed by atoms with Gasteiger partial charge in [-0.2, -0.15) is 0 Å². The monoisotopic (exact) mass is 418 g/mol. The third-order valence-electron chi connectivity index (χ3n) is 5.39. The molecule has 0 bridgehead atoms. The van der Waals surface area contributed by atoms with E-state index in [-0.39, 0.29) is 17.6 Å². The third-order valence-corrected chi connectivity index (χ3v) is 5.39. The second-order valence-corrected chi connectivity index (χ2v) is 8.43. The molecule has 0 aliphatic carbocycles. The van der Waals surface area contributed by atoms with Crippen LogP contribution in [0.5, 0.6) is 11.5 Å². The van der Waals surface area contributed by atoms with E-state index in [2.05, 4.69) is 60.0 Å². The number of aromatic nitrogens is 4. The summed E-state index contributed by atoms with van der Waals surface area (Å²) in [7, 11) is 3.13. The number of hydrogen-bond acceptors (Lipinski definition) is 5. The van der Waals surface area contributed by atoms with Crippen molar-refractivity contribution in [2.24, 2.45) is 0 Å². The summed E-state index contributed by atoms with van der Waals surface area (Å²) in [6.07, 6.45) is 3.41. The number of hydrogen-bond donors (Lipinski definition) is 1. The molecule has 0 spiro atoms. The molecular formula is C24H26N4O3. The summed E-state index contributed by atoms with van der Waals surface area (Å²) in [6, 6.07) is 12.1. The Bertz CT molecular complexity index is 1280. The van der Waals surface area contributed by atoms with Gasteiger partial charge in [0.1, 0.15) is 5.69 Å². The lowest BCUT2D eigenvalue weighted by molar-refractivity contribution is 0.348. The Morgan fingerprint density at radius 2 is 1.74 bits per heavy atom. The maximum absolute atomic E-state index is 12.7. The molecule has 31 heavy (non-hydrogen) atoms. The van der Waals surface area contributed by atoms with Crippen molar-refractivity contribution in [1.82, 2.24) is 19.5 Å². The molecule has 0 unspecified atom stereocenters. The van der Waals surface area contributed by atoms with Crippen LogP contribution in [-0.4, -0.2) is 33.7 Å². The molecule has 7 nitrogen and oxygen atoms in total. The number of ether oxygens (including phenoxy) is 2. The SMILES string of the molecule is COc1ccnc(Cn2c(=O)[nH]c3ncc(-c4ccc(C(C)(C)C)cc4)cc32)c1OC. The van der Waals surface area contributed by atoms with Crippen LogP contribution in [0.2, 0.25) is 0 Å². The molecular weight excluding hydrogens is 392 g/mol. The van der Waals surface area contributed by atoms with Crippen molar-refractivity contribution in [2.75, 3.05) is 14.2 Å². The van der Waals surface area contributed by atoms with Crippen LogP contribution in [-0.2, 0) is 12.0 Å². The van der Waals surface area contributed by atoms with E-state index in [1.807, 2.05) is 6.07 Å². The minimum atomic E-state index is -0.255. The molecule has 0 saturated carbocycles. The van der Waals surface area contributed by atoms with Crippen LogP contribution >= 0.6 is 0 Å². The molecule has 4 aromatic rings. The van der Waals surface area contributed by atoms with Crippen LogP contribution in [0.25, 0.3) is 22.3 Å². The minimum Gasteiger partial charge on any atom is -0.493 e. The Morgan fingerprint density at radius 3 is 2.39 bits per heavy atom. The van der Waals surface area contributed by atoms with E-state index in [1.54, 1.807) is 37.2 Å². The number of imidazole rings is 1. The van der Waals surface area contributed by atoms with E-state index in [0.29, 0.717) is 28.4 Å². The smallest absolute Gasteiger partial charge is 0.328 e. The Balaban J connectivity index is 1.77. The summed E-state index contributed by atoms with van der Waals surface area (Å²) < 4.78 is 12.4. The molecule has 3 heterocycles. The van der Waals surface area contributed by atoms with Crippen LogP contribution in [0.4, 0.5) is 0 Å². The van der Waals surface area contributed by atoms with Gasteiger partial charge in [0.2, 0.25) is 0 Å². The lowest BCUT2D eigenvalue weighted by atomic mass is 9.86. The highest BCUT2D eigenvalue weighted by Crippen LogP contribution is 2.30. The number of pyridine rings is 2. The first-order valence-electron chi connectivity index (χ1n) is 10.1. The maximum atomic E-state index is 12.7. The van der Waals surface area contributed by atoms with Gasteiger partial charge in [-0.05, 0) is 22.6 Å². The van der Waals surface area contributed by atoms with Gasteiger partial charge < -0.3 is 9.47 Å². The van der Waals surface area contributed by atoms with Gasteiger partial charge in [-0.3, -0.25) is 14.5 Å². The molecule has 0 aliphatic rings. The van der Waals surface area contributed by atoms with Gasteiger partial charge in [0.25, 0.3) is 0 Å². The van der Waals surface area contributed by atoms with E-state index < -0.39 is 0 Å². The maximum Gasteiger partial charge on any atom is 0.328 e. The van der Waals surface area contributed by atoms with Crippen LogP contribution in [0.3, 0.4) is 0 Å². The molecule has 1 N–H and O–H groups in total. The first kappa shape index (κ1) is 20.7. The molecule has 0 atom stereocenters. The fraction of sp³-hybridized carbons (Fsp3) is 0.292. The second-order valence-electron chi connectivity index (χ2n) is 8.43. The predicted molar refractivity (Wildman–Crippen MR) is 121 cm³/mol. The topological polar surface area (TPSA) is 82.0 Å².